The number of hydrogen-bond donors (Lipinski definition) is 1. The van der Waals surface area contributed by atoms with Gasteiger partial charge in [0.1, 0.15) is 0 Å². The van der Waals surface area contributed by atoms with Crippen LogP contribution in [0.1, 0.15) is 27.2 Å². The van der Waals surface area contributed by atoms with Gasteiger partial charge in [-0.3, -0.25) is 0 Å². The van der Waals surface area contributed by atoms with E-state index in [1.807, 2.05) is 6.92 Å². The lowest BCUT2D eigenvalue weighted by Gasteiger charge is -2.26. The fraction of sp³-hybridized carbons (Fsp3) is 1.00. The number of ether oxygens (including phenoxy) is 2. The smallest absolute Gasteiger partial charge is 0.0776 e. The fourth-order valence-electron chi connectivity index (χ4n) is 2.01. The van der Waals surface area contributed by atoms with Crippen molar-refractivity contribution < 1.29 is 9.47 Å². The zero-order valence-electron chi connectivity index (χ0n) is 9.58. The van der Waals surface area contributed by atoms with Crippen molar-refractivity contribution in [3.63, 3.8) is 0 Å². The molecular weight excluding hydrogens is 178 g/mol. The Hall–Kier alpha value is -0.120. The van der Waals surface area contributed by atoms with Gasteiger partial charge >= 0.3 is 0 Å². The van der Waals surface area contributed by atoms with Crippen LogP contribution >= 0.6 is 0 Å². The van der Waals surface area contributed by atoms with Crippen molar-refractivity contribution in [3.8, 4) is 0 Å². The van der Waals surface area contributed by atoms with Crippen molar-refractivity contribution in [2.45, 2.75) is 39.3 Å². The zero-order chi connectivity index (χ0) is 10.4. The predicted molar refractivity (Wildman–Crippen MR) is 57.5 cm³/mol. The second kappa shape index (κ2) is 6.38. The van der Waals surface area contributed by atoms with Crippen LogP contribution in [0, 0.1) is 5.92 Å². The largest absolute Gasteiger partial charge is 0.380 e. The monoisotopic (exact) mass is 201 g/mol. The van der Waals surface area contributed by atoms with Crippen LogP contribution in [0.15, 0.2) is 0 Å². The third-order valence-corrected chi connectivity index (χ3v) is 2.81. The van der Waals surface area contributed by atoms with Crippen molar-refractivity contribution in [2.75, 3.05) is 26.4 Å². The highest BCUT2D eigenvalue weighted by Gasteiger charge is 2.31. The van der Waals surface area contributed by atoms with Gasteiger partial charge in [-0.05, 0) is 25.8 Å². The third kappa shape index (κ3) is 3.23. The van der Waals surface area contributed by atoms with E-state index in [1.54, 1.807) is 0 Å². The number of rotatable bonds is 6. The SMILES string of the molecule is CCNC(COCC)C1OCCC1C. The molecule has 1 heterocycles. The first-order valence-corrected chi connectivity index (χ1v) is 5.72. The van der Waals surface area contributed by atoms with Gasteiger partial charge < -0.3 is 14.8 Å². The molecule has 3 atom stereocenters. The van der Waals surface area contributed by atoms with Crippen LogP contribution in [-0.4, -0.2) is 38.5 Å². The zero-order valence-corrected chi connectivity index (χ0v) is 9.58. The number of hydrogen-bond acceptors (Lipinski definition) is 3. The molecule has 1 aliphatic rings. The van der Waals surface area contributed by atoms with Crippen LogP contribution in [0.4, 0.5) is 0 Å². The standard InChI is InChI=1S/C11H23NO2/c1-4-12-10(8-13-5-2)11-9(3)6-7-14-11/h9-12H,4-8H2,1-3H3. The average Bonchev–Trinajstić information content (AvgIpc) is 2.59. The minimum atomic E-state index is 0.335. The van der Waals surface area contributed by atoms with E-state index in [4.69, 9.17) is 9.47 Å². The maximum atomic E-state index is 5.73. The topological polar surface area (TPSA) is 30.5 Å². The summed E-state index contributed by atoms with van der Waals surface area (Å²) in [7, 11) is 0. The lowest BCUT2D eigenvalue weighted by atomic mass is 9.98. The Morgan fingerprint density at radius 2 is 2.29 bits per heavy atom. The molecule has 3 heteroatoms. The highest BCUT2D eigenvalue weighted by atomic mass is 16.5. The van der Waals surface area contributed by atoms with E-state index in [-0.39, 0.29) is 0 Å². The maximum absolute atomic E-state index is 5.73. The summed E-state index contributed by atoms with van der Waals surface area (Å²) in [6, 6.07) is 0.359. The van der Waals surface area contributed by atoms with Crippen LogP contribution in [0.3, 0.4) is 0 Å². The summed E-state index contributed by atoms with van der Waals surface area (Å²) in [6.07, 6.45) is 1.51. The van der Waals surface area contributed by atoms with Gasteiger partial charge in [-0.15, -0.1) is 0 Å². The molecule has 0 radical (unpaired) electrons. The average molecular weight is 201 g/mol. The van der Waals surface area contributed by atoms with Crippen LogP contribution in [0.25, 0.3) is 0 Å². The van der Waals surface area contributed by atoms with Crippen molar-refractivity contribution >= 4 is 0 Å². The summed E-state index contributed by atoms with van der Waals surface area (Å²) < 4.78 is 11.2. The molecule has 1 rings (SSSR count). The molecule has 0 spiro atoms. The maximum Gasteiger partial charge on any atom is 0.0776 e. The van der Waals surface area contributed by atoms with Crippen molar-refractivity contribution in [1.29, 1.82) is 0 Å². The van der Waals surface area contributed by atoms with Crippen LogP contribution in [-0.2, 0) is 9.47 Å². The Morgan fingerprint density at radius 1 is 1.50 bits per heavy atom. The van der Waals surface area contributed by atoms with E-state index in [9.17, 15) is 0 Å². The molecule has 0 saturated carbocycles. The van der Waals surface area contributed by atoms with Gasteiger partial charge in [0, 0.05) is 13.2 Å². The van der Waals surface area contributed by atoms with E-state index < -0.39 is 0 Å². The fourth-order valence-corrected chi connectivity index (χ4v) is 2.01. The number of nitrogens with one attached hydrogen (secondary N) is 1. The Labute approximate surface area is 87.2 Å². The Bertz CT molecular complexity index is 152. The van der Waals surface area contributed by atoms with E-state index in [0.717, 1.165) is 26.4 Å². The third-order valence-electron chi connectivity index (χ3n) is 2.81. The van der Waals surface area contributed by atoms with Gasteiger partial charge in [0.25, 0.3) is 0 Å². The molecule has 0 aromatic heterocycles. The lowest BCUT2D eigenvalue weighted by Crippen LogP contribution is -2.45. The van der Waals surface area contributed by atoms with Gasteiger partial charge in [0.05, 0.1) is 18.8 Å². The van der Waals surface area contributed by atoms with Crippen LogP contribution in [0.5, 0.6) is 0 Å². The number of likely N-dealkylation sites (N-methyl/N-ethyl adjacent to an activating group) is 1. The van der Waals surface area contributed by atoms with E-state index in [1.165, 1.54) is 6.42 Å². The molecule has 0 aliphatic carbocycles. The van der Waals surface area contributed by atoms with Crippen molar-refractivity contribution in [3.05, 3.63) is 0 Å². The highest BCUT2D eigenvalue weighted by molar-refractivity contribution is 4.84. The summed E-state index contributed by atoms with van der Waals surface area (Å²) >= 11 is 0. The van der Waals surface area contributed by atoms with Crippen molar-refractivity contribution in [2.24, 2.45) is 5.92 Å². The Balaban J connectivity index is 2.39. The summed E-state index contributed by atoms with van der Waals surface area (Å²) in [5.74, 6) is 0.652. The quantitative estimate of drug-likeness (QED) is 0.705. The second-order valence-corrected chi connectivity index (χ2v) is 3.93. The second-order valence-electron chi connectivity index (χ2n) is 3.93. The molecular formula is C11H23NO2. The Morgan fingerprint density at radius 3 is 2.79 bits per heavy atom. The van der Waals surface area contributed by atoms with E-state index >= 15 is 0 Å². The molecule has 1 fully saturated rings. The highest BCUT2D eigenvalue weighted by Crippen LogP contribution is 2.23. The Kier molecular flexibility index (Phi) is 5.45. The molecule has 0 amide bonds. The van der Waals surface area contributed by atoms with Gasteiger partial charge in [-0.2, -0.15) is 0 Å². The molecule has 1 saturated heterocycles. The van der Waals surface area contributed by atoms with E-state index in [0.29, 0.717) is 18.1 Å². The molecule has 3 unspecified atom stereocenters. The minimum absolute atomic E-state index is 0.335. The first kappa shape index (κ1) is 12.0. The van der Waals surface area contributed by atoms with Crippen LogP contribution in [0.2, 0.25) is 0 Å². The summed E-state index contributed by atoms with van der Waals surface area (Å²) in [5, 5.41) is 3.44. The molecule has 1 aliphatic heterocycles. The molecule has 0 aromatic carbocycles. The normalized spacial score (nSPS) is 29.4. The summed E-state index contributed by atoms with van der Waals surface area (Å²) in [5.41, 5.74) is 0. The molecule has 0 aromatic rings. The first-order valence-electron chi connectivity index (χ1n) is 5.72. The minimum Gasteiger partial charge on any atom is -0.380 e. The van der Waals surface area contributed by atoms with E-state index in [2.05, 4.69) is 19.2 Å². The van der Waals surface area contributed by atoms with Crippen molar-refractivity contribution in [1.82, 2.24) is 5.32 Å². The molecule has 0 bridgehead atoms. The molecule has 1 N–H and O–H groups in total. The van der Waals surface area contributed by atoms with Crippen LogP contribution < -0.4 is 5.32 Å². The van der Waals surface area contributed by atoms with Gasteiger partial charge in [-0.25, -0.2) is 0 Å². The lowest BCUT2D eigenvalue weighted by molar-refractivity contribution is 0.0201. The summed E-state index contributed by atoms with van der Waals surface area (Å²) in [4.78, 5) is 0. The van der Waals surface area contributed by atoms with Gasteiger partial charge in [0.2, 0.25) is 0 Å². The van der Waals surface area contributed by atoms with Gasteiger partial charge in [0.15, 0.2) is 0 Å². The molecule has 3 nitrogen and oxygen atoms in total. The predicted octanol–water partition coefficient (Wildman–Crippen LogP) is 1.43. The summed E-state index contributed by atoms with van der Waals surface area (Å²) in [6.45, 7) is 9.83. The molecule has 84 valence electrons. The van der Waals surface area contributed by atoms with Gasteiger partial charge in [-0.1, -0.05) is 13.8 Å². The molecule has 14 heavy (non-hydrogen) atoms. The first-order chi connectivity index (χ1) is 6.79.